The highest BCUT2D eigenvalue weighted by Crippen LogP contribution is 2.20. The Kier molecular flexibility index (Phi) is 3.57. The van der Waals surface area contributed by atoms with Crippen molar-refractivity contribution in [2.75, 3.05) is 0 Å². The number of nitrogens with two attached hydrogens (primary N) is 1. The largest absolute Gasteiger partial charge is 0.372 e. The predicted octanol–water partition coefficient (Wildman–Crippen LogP) is 2.42. The fraction of sp³-hybridized carbons (Fsp3) is 0.200. The standard InChI is InChI=1S/C15H17NO/c16-15(17,14-9-5-2-6-10-14)12-11-13-7-3-1-4-8-13/h1-10,17H,11-12,16H2. The van der Waals surface area contributed by atoms with Crippen molar-refractivity contribution in [1.29, 1.82) is 0 Å². The van der Waals surface area contributed by atoms with Gasteiger partial charge in [0.15, 0.2) is 0 Å². The maximum atomic E-state index is 10.2. The van der Waals surface area contributed by atoms with Gasteiger partial charge in [-0.25, -0.2) is 0 Å². The molecule has 2 aromatic carbocycles. The summed E-state index contributed by atoms with van der Waals surface area (Å²) in [5, 5.41) is 10.2. The van der Waals surface area contributed by atoms with Crippen LogP contribution < -0.4 is 5.73 Å². The van der Waals surface area contributed by atoms with Gasteiger partial charge >= 0.3 is 0 Å². The smallest absolute Gasteiger partial charge is 0.139 e. The predicted molar refractivity (Wildman–Crippen MR) is 69.3 cm³/mol. The monoisotopic (exact) mass is 227 g/mol. The van der Waals surface area contributed by atoms with Crippen molar-refractivity contribution >= 4 is 0 Å². The molecular weight excluding hydrogens is 210 g/mol. The zero-order valence-corrected chi connectivity index (χ0v) is 9.71. The lowest BCUT2D eigenvalue weighted by Crippen LogP contribution is -2.36. The van der Waals surface area contributed by atoms with Crippen LogP contribution in [-0.4, -0.2) is 5.11 Å². The van der Waals surface area contributed by atoms with E-state index in [9.17, 15) is 5.11 Å². The lowest BCUT2D eigenvalue weighted by molar-refractivity contribution is 0.0345. The molecule has 0 radical (unpaired) electrons. The average molecular weight is 227 g/mol. The Balaban J connectivity index is 2.03. The van der Waals surface area contributed by atoms with Crippen molar-refractivity contribution in [2.24, 2.45) is 5.73 Å². The molecule has 0 amide bonds. The van der Waals surface area contributed by atoms with Crippen molar-refractivity contribution in [3.8, 4) is 0 Å². The first-order chi connectivity index (χ1) is 8.18. The fourth-order valence-electron chi connectivity index (χ4n) is 1.85. The minimum absolute atomic E-state index is 0.515. The zero-order valence-electron chi connectivity index (χ0n) is 9.71. The minimum Gasteiger partial charge on any atom is -0.372 e. The van der Waals surface area contributed by atoms with E-state index in [0.717, 1.165) is 12.0 Å². The maximum absolute atomic E-state index is 10.2. The molecular formula is C15H17NO. The highest BCUT2D eigenvalue weighted by molar-refractivity contribution is 5.22. The average Bonchev–Trinajstić information content (AvgIpc) is 2.39. The van der Waals surface area contributed by atoms with Crippen LogP contribution in [0.4, 0.5) is 0 Å². The summed E-state index contributed by atoms with van der Waals surface area (Å²) in [6.45, 7) is 0. The second-order valence-electron chi connectivity index (χ2n) is 4.28. The topological polar surface area (TPSA) is 46.2 Å². The first-order valence-corrected chi connectivity index (χ1v) is 5.79. The van der Waals surface area contributed by atoms with Crippen LogP contribution in [0.2, 0.25) is 0 Å². The lowest BCUT2D eigenvalue weighted by atomic mass is 9.96. The number of aliphatic hydroxyl groups is 1. The Morgan fingerprint density at radius 2 is 1.41 bits per heavy atom. The van der Waals surface area contributed by atoms with Gasteiger partial charge in [-0.2, -0.15) is 0 Å². The second kappa shape index (κ2) is 5.13. The molecule has 0 aromatic heterocycles. The number of hydrogen-bond donors (Lipinski definition) is 2. The van der Waals surface area contributed by atoms with Gasteiger partial charge in [0.25, 0.3) is 0 Å². The van der Waals surface area contributed by atoms with E-state index in [1.165, 1.54) is 5.56 Å². The first-order valence-electron chi connectivity index (χ1n) is 5.79. The van der Waals surface area contributed by atoms with E-state index < -0.39 is 5.72 Å². The summed E-state index contributed by atoms with van der Waals surface area (Å²) in [5.41, 5.74) is 6.64. The van der Waals surface area contributed by atoms with Crippen LogP contribution in [0.5, 0.6) is 0 Å². The Morgan fingerprint density at radius 3 is 2.00 bits per heavy atom. The van der Waals surface area contributed by atoms with Gasteiger partial charge in [0.1, 0.15) is 5.72 Å². The number of rotatable bonds is 4. The Labute approximate surface area is 102 Å². The first kappa shape index (κ1) is 11.8. The maximum Gasteiger partial charge on any atom is 0.139 e. The molecule has 0 fully saturated rings. The highest BCUT2D eigenvalue weighted by Gasteiger charge is 2.22. The summed E-state index contributed by atoms with van der Waals surface area (Å²) in [6, 6.07) is 19.4. The van der Waals surface area contributed by atoms with E-state index in [4.69, 9.17) is 5.73 Å². The van der Waals surface area contributed by atoms with E-state index >= 15 is 0 Å². The van der Waals surface area contributed by atoms with Gasteiger partial charge in [0, 0.05) is 0 Å². The normalized spacial score (nSPS) is 14.2. The van der Waals surface area contributed by atoms with Crippen LogP contribution in [0.25, 0.3) is 0 Å². The molecule has 0 saturated heterocycles. The van der Waals surface area contributed by atoms with Crippen LogP contribution in [0.1, 0.15) is 17.5 Å². The molecule has 0 spiro atoms. The molecule has 0 saturated carbocycles. The molecule has 2 nitrogen and oxygen atoms in total. The molecule has 0 bridgehead atoms. The van der Waals surface area contributed by atoms with E-state index in [1.54, 1.807) is 0 Å². The van der Waals surface area contributed by atoms with Gasteiger partial charge in [0.2, 0.25) is 0 Å². The van der Waals surface area contributed by atoms with E-state index in [1.807, 2.05) is 60.7 Å². The molecule has 0 aliphatic heterocycles. The van der Waals surface area contributed by atoms with Gasteiger partial charge < -0.3 is 5.11 Å². The third-order valence-electron chi connectivity index (χ3n) is 2.91. The Hall–Kier alpha value is -1.64. The summed E-state index contributed by atoms with van der Waals surface area (Å²) in [6.07, 6.45) is 1.28. The van der Waals surface area contributed by atoms with Crippen LogP contribution in [-0.2, 0) is 12.1 Å². The van der Waals surface area contributed by atoms with Crippen LogP contribution >= 0.6 is 0 Å². The lowest BCUT2D eigenvalue weighted by Gasteiger charge is -2.23. The van der Waals surface area contributed by atoms with Gasteiger partial charge in [-0.15, -0.1) is 0 Å². The molecule has 2 aromatic rings. The third kappa shape index (κ3) is 3.16. The van der Waals surface area contributed by atoms with Crippen LogP contribution in [0, 0.1) is 0 Å². The molecule has 0 heterocycles. The van der Waals surface area contributed by atoms with E-state index in [-0.39, 0.29) is 0 Å². The summed E-state index contributed by atoms with van der Waals surface area (Å²) in [7, 11) is 0. The van der Waals surface area contributed by atoms with Gasteiger partial charge in [-0.3, -0.25) is 5.73 Å². The van der Waals surface area contributed by atoms with Gasteiger partial charge in [0.05, 0.1) is 0 Å². The Morgan fingerprint density at radius 1 is 0.882 bits per heavy atom. The molecule has 88 valence electrons. The van der Waals surface area contributed by atoms with Crippen molar-refractivity contribution in [2.45, 2.75) is 18.6 Å². The molecule has 1 atom stereocenters. The molecule has 0 aliphatic rings. The third-order valence-corrected chi connectivity index (χ3v) is 2.91. The quantitative estimate of drug-likeness (QED) is 0.788. The number of hydrogen-bond acceptors (Lipinski definition) is 2. The van der Waals surface area contributed by atoms with Crippen LogP contribution in [0.15, 0.2) is 60.7 Å². The second-order valence-corrected chi connectivity index (χ2v) is 4.28. The number of benzene rings is 2. The van der Waals surface area contributed by atoms with Crippen molar-refractivity contribution in [1.82, 2.24) is 0 Å². The van der Waals surface area contributed by atoms with Gasteiger partial charge in [-0.1, -0.05) is 60.7 Å². The SMILES string of the molecule is NC(O)(CCc1ccccc1)c1ccccc1. The number of aryl methyl sites for hydroxylation is 1. The van der Waals surface area contributed by atoms with Crippen molar-refractivity contribution in [3.05, 3.63) is 71.8 Å². The van der Waals surface area contributed by atoms with Crippen molar-refractivity contribution in [3.63, 3.8) is 0 Å². The minimum atomic E-state index is -1.25. The van der Waals surface area contributed by atoms with Crippen LogP contribution in [0.3, 0.4) is 0 Å². The molecule has 2 rings (SSSR count). The highest BCUT2D eigenvalue weighted by atomic mass is 16.3. The summed E-state index contributed by atoms with van der Waals surface area (Å²) < 4.78 is 0. The summed E-state index contributed by atoms with van der Waals surface area (Å²) in [4.78, 5) is 0. The fourth-order valence-corrected chi connectivity index (χ4v) is 1.85. The molecule has 0 aliphatic carbocycles. The van der Waals surface area contributed by atoms with Gasteiger partial charge in [-0.05, 0) is 24.0 Å². The summed E-state index contributed by atoms with van der Waals surface area (Å²) in [5.74, 6) is 0. The molecule has 1 unspecified atom stereocenters. The van der Waals surface area contributed by atoms with E-state index in [0.29, 0.717) is 6.42 Å². The van der Waals surface area contributed by atoms with Crippen molar-refractivity contribution < 1.29 is 5.11 Å². The zero-order chi connectivity index (χ0) is 12.1. The summed E-state index contributed by atoms with van der Waals surface area (Å²) >= 11 is 0. The molecule has 2 heteroatoms. The van der Waals surface area contributed by atoms with E-state index in [2.05, 4.69) is 0 Å². The molecule has 3 N–H and O–H groups in total. The molecule has 17 heavy (non-hydrogen) atoms. The Bertz CT molecular complexity index is 451.